The van der Waals surface area contributed by atoms with E-state index >= 15 is 0 Å². The van der Waals surface area contributed by atoms with Gasteiger partial charge in [-0.25, -0.2) is 9.78 Å². The zero-order valence-corrected chi connectivity index (χ0v) is 12.2. The van der Waals surface area contributed by atoms with Crippen molar-refractivity contribution >= 4 is 23.2 Å². The highest BCUT2D eigenvalue weighted by Gasteiger charge is 2.51. The summed E-state index contributed by atoms with van der Waals surface area (Å²) in [6.07, 6.45) is 1.64. The second-order valence-electron chi connectivity index (χ2n) is 5.06. The van der Waals surface area contributed by atoms with Gasteiger partial charge in [-0.05, 0) is 0 Å². The fourth-order valence-corrected chi connectivity index (χ4v) is 3.92. The molecule has 1 fully saturated rings. The number of carbonyl (C=O) groups excluding carboxylic acids is 1. The number of hydrogen-bond donors (Lipinski definition) is 1. The number of thiazole rings is 1. The Labute approximate surface area is 125 Å². The van der Waals surface area contributed by atoms with Crippen LogP contribution >= 0.6 is 11.3 Å². The quantitative estimate of drug-likeness (QED) is 0.846. The second kappa shape index (κ2) is 4.81. The number of fused-ring (bicyclic) bond motifs is 4. The Balaban J connectivity index is 1.74. The van der Waals surface area contributed by atoms with Crippen LogP contribution in [0.25, 0.3) is 0 Å². The van der Waals surface area contributed by atoms with E-state index in [1.807, 2.05) is 5.51 Å². The lowest BCUT2D eigenvalue weighted by Crippen LogP contribution is -2.42. The third-order valence-electron chi connectivity index (χ3n) is 3.87. The molecule has 3 aliphatic rings. The van der Waals surface area contributed by atoms with Crippen molar-refractivity contribution in [3.05, 3.63) is 28.7 Å². The van der Waals surface area contributed by atoms with E-state index in [2.05, 4.69) is 21.9 Å². The van der Waals surface area contributed by atoms with Crippen LogP contribution in [-0.2, 0) is 4.84 Å². The first-order chi connectivity index (χ1) is 10.3. The molecular weight excluding hydrogens is 290 g/mol. The minimum atomic E-state index is -0.213. The SMILES string of the molecule is C=CCON1C(=O)N2C[C@@H]1c1scnc1[C@H]2C1=NCCN1. The van der Waals surface area contributed by atoms with Crippen molar-refractivity contribution in [3.8, 4) is 0 Å². The summed E-state index contributed by atoms with van der Waals surface area (Å²) >= 11 is 1.57. The molecule has 8 heteroatoms. The molecule has 1 saturated heterocycles. The Bertz CT molecular complexity index is 628. The zero-order chi connectivity index (χ0) is 14.4. The minimum Gasteiger partial charge on any atom is -0.370 e. The Morgan fingerprint density at radius 1 is 1.62 bits per heavy atom. The van der Waals surface area contributed by atoms with Gasteiger partial charge in [-0.1, -0.05) is 6.08 Å². The first-order valence-electron chi connectivity index (χ1n) is 6.86. The van der Waals surface area contributed by atoms with Gasteiger partial charge in [0.25, 0.3) is 0 Å². The van der Waals surface area contributed by atoms with Gasteiger partial charge in [0, 0.05) is 6.54 Å². The Morgan fingerprint density at radius 3 is 3.29 bits per heavy atom. The van der Waals surface area contributed by atoms with Crippen LogP contribution in [0.5, 0.6) is 0 Å². The summed E-state index contributed by atoms with van der Waals surface area (Å²) in [5.41, 5.74) is 2.74. The van der Waals surface area contributed by atoms with E-state index in [0.717, 1.165) is 29.5 Å². The molecule has 2 atom stereocenters. The topological polar surface area (TPSA) is 70.1 Å². The van der Waals surface area contributed by atoms with E-state index in [1.54, 1.807) is 22.3 Å². The fraction of sp³-hybridized carbons (Fsp3) is 0.462. The molecule has 1 aromatic rings. The number of hydroxylamine groups is 2. The highest BCUT2D eigenvalue weighted by atomic mass is 32.1. The van der Waals surface area contributed by atoms with Gasteiger partial charge in [0.2, 0.25) is 0 Å². The molecule has 2 bridgehead atoms. The molecule has 7 nitrogen and oxygen atoms in total. The van der Waals surface area contributed by atoms with Gasteiger partial charge in [0.15, 0.2) is 0 Å². The number of nitrogens with zero attached hydrogens (tertiary/aromatic N) is 4. The fourth-order valence-electron chi connectivity index (χ4n) is 3.02. The molecule has 3 aliphatic heterocycles. The molecule has 1 aromatic heterocycles. The number of amidine groups is 1. The lowest BCUT2D eigenvalue weighted by molar-refractivity contribution is -0.118. The lowest BCUT2D eigenvalue weighted by atomic mass is 10.0. The molecule has 2 amide bonds. The van der Waals surface area contributed by atoms with E-state index in [1.165, 1.54) is 5.06 Å². The molecule has 0 radical (unpaired) electrons. The molecule has 0 unspecified atom stereocenters. The van der Waals surface area contributed by atoms with Crippen LogP contribution < -0.4 is 5.32 Å². The predicted molar refractivity (Wildman–Crippen MR) is 78.0 cm³/mol. The molecule has 110 valence electrons. The molecule has 21 heavy (non-hydrogen) atoms. The maximum absolute atomic E-state index is 12.6. The third-order valence-corrected chi connectivity index (χ3v) is 4.82. The maximum atomic E-state index is 12.6. The van der Waals surface area contributed by atoms with Gasteiger partial charge in [-0.2, -0.15) is 5.06 Å². The van der Waals surface area contributed by atoms with Crippen LogP contribution in [0.15, 0.2) is 23.2 Å². The van der Waals surface area contributed by atoms with Crippen LogP contribution in [0.4, 0.5) is 4.79 Å². The second-order valence-corrected chi connectivity index (χ2v) is 5.95. The third kappa shape index (κ3) is 1.79. The van der Waals surface area contributed by atoms with Crippen LogP contribution in [0, 0.1) is 0 Å². The minimum absolute atomic E-state index is 0.0850. The summed E-state index contributed by atoms with van der Waals surface area (Å²) in [4.78, 5) is 30.0. The molecule has 0 spiro atoms. The van der Waals surface area contributed by atoms with Gasteiger partial charge in [0.1, 0.15) is 17.9 Å². The molecule has 0 aliphatic carbocycles. The number of aromatic nitrogens is 1. The maximum Gasteiger partial charge on any atom is 0.345 e. The number of amides is 2. The number of rotatable bonds is 4. The summed E-state index contributed by atoms with van der Waals surface area (Å²) in [5, 5.41) is 4.72. The molecule has 0 saturated carbocycles. The van der Waals surface area contributed by atoms with Gasteiger partial charge in [0.05, 0.1) is 35.8 Å². The van der Waals surface area contributed by atoms with Crippen molar-refractivity contribution in [2.45, 2.75) is 12.1 Å². The average molecular weight is 305 g/mol. The van der Waals surface area contributed by atoms with Crippen LogP contribution in [0.3, 0.4) is 0 Å². The van der Waals surface area contributed by atoms with Crippen molar-refractivity contribution < 1.29 is 9.63 Å². The zero-order valence-electron chi connectivity index (χ0n) is 11.4. The largest absolute Gasteiger partial charge is 0.370 e. The Morgan fingerprint density at radius 2 is 2.52 bits per heavy atom. The van der Waals surface area contributed by atoms with E-state index in [-0.39, 0.29) is 18.1 Å². The first-order valence-corrected chi connectivity index (χ1v) is 7.74. The number of urea groups is 1. The smallest absolute Gasteiger partial charge is 0.345 e. The summed E-state index contributed by atoms with van der Waals surface area (Å²) in [7, 11) is 0. The van der Waals surface area contributed by atoms with E-state index in [4.69, 9.17) is 4.84 Å². The van der Waals surface area contributed by atoms with Crippen molar-refractivity contribution in [1.82, 2.24) is 20.3 Å². The molecule has 1 N–H and O–H groups in total. The Kier molecular flexibility index (Phi) is 2.93. The number of nitrogens with one attached hydrogen (secondary N) is 1. The van der Waals surface area contributed by atoms with Crippen LogP contribution in [-0.4, -0.2) is 53.1 Å². The summed E-state index contributed by atoms with van der Waals surface area (Å²) in [5.74, 6) is 0.833. The number of hydrogen-bond acceptors (Lipinski definition) is 6. The van der Waals surface area contributed by atoms with Gasteiger partial charge in [-0.15, -0.1) is 17.9 Å². The van der Waals surface area contributed by atoms with Gasteiger partial charge >= 0.3 is 6.03 Å². The van der Waals surface area contributed by atoms with E-state index in [0.29, 0.717) is 13.2 Å². The van der Waals surface area contributed by atoms with Crippen molar-refractivity contribution in [2.75, 3.05) is 26.2 Å². The van der Waals surface area contributed by atoms with Crippen LogP contribution in [0.2, 0.25) is 0 Å². The predicted octanol–water partition coefficient (Wildman–Crippen LogP) is 1.10. The summed E-state index contributed by atoms with van der Waals surface area (Å²) in [6.45, 7) is 6.11. The normalized spacial score (nSPS) is 26.7. The average Bonchev–Trinajstić information content (AvgIpc) is 3.21. The summed E-state index contributed by atoms with van der Waals surface area (Å²) in [6, 6.07) is -0.429. The number of carbonyl (C=O) groups is 1. The first kappa shape index (κ1) is 12.8. The highest BCUT2D eigenvalue weighted by molar-refractivity contribution is 7.09. The van der Waals surface area contributed by atoms with E-state index < -0.39 is 0 Å². The lowest BCUT2D eigenvalue weighted by Gasteiger charge is -2.29. The summed E-state index contributed by atoms with van der Waals surface area (Å²) < 4.78 is 0. The van der Waals surface area contributed by atoms with Gasteiger partial charge in [-0.3, -0.25) is 9.83 Å². The molecule has 4 heterocycles. The van der Waals surface area contributed by atoms with Crippen molar-refractivity contribution in [3.63, 3.8) is 0 Å². The van der Waals surface area contributed by atoms with Crippen LogP contribution in [0.1, 0.15) is 22.7 Å². The molecule has 0 aromatic carbocycles. The van der Waals surface area contributed by atoms with Gasteiger partial charge < -0.3 is 10.2 Å². The molecule has 4 rings (SSSR count). The Hall–Kier alpha value is -1.93. The molecular formula is C13H15N5O2S. The number of aliphatic imine (C=N–C) groups is 1. The van der Waals surface area contributed by atoms with E-state index in [9.17, 15) is 4.79 Å². The van der Waals surface area contributed by atoms with Crippen molar-refractivity contribution in [1.29, 1.82) is 0 Å². The standard InChI is InChI=1S/C13H15N5O2S/c1-2-5-20-18-8-6-17(13(18)19)10(12-14-3-4-15-12)9-11(8)21-7-16-9/h2,7-8,10H,1,3-6H2,(H,14,15)/t8-,10+/m1/s1. The highest BCUT2D eigenvalue weighted by Crippen LogP contribution is 2.45. The monoisotopic (exact) mass is 305 g/mol. The van der Waals surface area contributed by atoms with Crippen molar-refractivity contribution in [2.24, 2.45) is 4.99 Å².